The molecular weight excluding hydrogens is 713 g/mol. The van der Waals surface area contributed by atoms with E-state index in [9.17, 15) is 15.8 Å². The molecule has 11 aromatic rings. The smallest absolute Gasteiger partial charge is 0.143 e. The second-order valence-corrected chi connectivity index (χ2v) is 14.8. The molecule has 0 fully saturated rings. The summed E-state index contributed by atoms with van der Waals surface area (Å²) in [5.41, 5.74) is 13.1. The molecule has 8 aromatic carbocycles. The van der Waals surface area contributed by atoms with Crippen molar-refractivity contribution >= 4 is 65.7 Å². The van der Waals surface area contributed by atoms with Crippen LogP contribution in [0.5, 0.6) is 0 Å². The van der Waals surface area contributed by atoms with Gasteiger partial charge in [-0.25, -0.2) is 0 Å². The average molecular weight is 739 g/mol. The normalized spacial score (nSPS) is 13.3. The van der Waals surface area contributed by atoms with E-state index in [1.54, 1.807) is 6.07 Å². The van der Waals surface area contributed by atoms with Crippen LogP contribution < -0.4 is 0 Å². The molecular formula is C52H26N4O2. The van der Waals surface area contributed by atoms with E-state index in [4.69, 9.17) is 8.83 Å². The van der Waals surface area contributed by atoms with Gasteiger partial charge in [0.25, 0.3) is 0 Å². The molecule has 266 valence electrons. The molecule has 0 saturated heterocycles. The molecule has 3 heterocycles. The lowest BCUT2D eigenvalue weighted by molar-refractivity contribution is 0.669. The molecule has 0 N–H and O–H groups in total. The number of nitriles is 3. The first-order valence-corrected chi connectivity index (χ1v) is 19.1. The Hall–Kier alpha value is -8.37. The van der Waals surface area contributed by atoms with Crippen molar-refractivity contribution in [3.63, 3.8) is 0 Å². The van der Waals surface area contributed by atoms with E-state index in [2.05, 4.69) is 77.4 Å². The van der Waals surface area contributed by atoms with Crippen LogP contribution in [-0.4, -0.2) is 4.57 Å². The van der Waals surface area contributed by atoms with Gasteiger partial charge in [-0.1, -0.05) is 109 Å². The maximum Gasteiger partial charge on any atom is 0.143 e. The van der Waals surface area contributed by atoms with Gasteiger partial charge in [0.1, 0.15) is 34.5 Å². The Kier molecular flexibility index (Phi) is 6.50. The van der Waals surface area contributed by atoms with Gasteiger partial charge in [-0.2, -0.15) is 15.8 Å². The van der Waals surface area contributed by atoms with Crippen molar-refractivity contribution in [1.82, 2.24) is 4.57 Å². The first-order chi connectivity index (χ1) is 28.7. The molecule has 0 bridgehead atoms. The molecule has 1 aliphatic carbocycles. The zero-order valence-corrected chi connectivity index (χ0v) is 30.6. The van der Waals surface area contributed by atoms with Gasteiger partial charge in [-0.05, 0) is 70.3 Å². The predicted molar refractivity (Wildman–Crippen MR) is 228 cm³/mol. The van der Waals surface area contributed by atoms with Gasteiger partial charge in [0.05, 0.1) is 39.5 Å². The number of fused-ring (bicyclic) bond motifs is 13. The predicted octanol–water partition coefficient (Wildman–Crippen LogP) is 13.0. The maximum atomic E-state index is 11.0. The van der Waals surface area contributed by atoms with Crippen LogP contribution in [0.3, 0.4) is 0 Å². The van der Waals surface area contributed by atoms with Crippen molar-refractivity contribution in [1.29, 1.82) is 15.8 Å². The molecule has 6 heteroatoms. The highest BCUT2D eigenvalue weighted by Gasteiger charge is 2.36. The number of aromatic nitrogens is 1. The Labute approximate surface area is 330 Å². The Morgan fingerprint density at radius 1 is 0.448 bits per heavy atom. The lowest BCUT2D eigenvalue weighted by atomic mass is 9.80. The number of para-hydroxylation sites is 3. The van der Waals surface area contributed by atoms with Gasteiger partial charge in [-0.15, -0.1) is 0 Å². The molecule has 0 spiro atoms. The molecule has 0 aliphatic heterocycles. The van der Waals surface area contributed by atoms with E-state index in [1.165, 1.54) is 0 Å². The Morgan fingerprint density at radius 2 is 1.16 bits per heavy atom. The van der Waals surface area contributed by atoms with Gasteiger partial charge in [-0.3, -0.25) is 0 Å². The van der Waals surface area contributed by atoms with E-state index in [0.717, 1.165) is 105 Å². The van der Waals surface area contributed by atoms with Crippen molar-refractivity contribution in [3.8, 4) is 46.1 Å². The SMILES string of the molecule is N#Cc1ccc(-c2cccc(C#N)c2C2c3ccccc3-c3c2ccc2c3oc3ccccc32)c(-n2c3ccccc3c3cc4oc5ccccc5c4cc32)c1C#N. The summed E-state index contributed by atoms with van der Waals surface area (Å²) in [6.07, 6.45) is 0. The molecule has 0 radical (unpaired) electrons. The number of benzene rings is 8. The minimum atomic E-state index is -0.334. The van der Waals surface area contributed by atoms with E-state index in [0.29, 0.717) is 11.3 Å². The standard InChI is InChI=1S/C52H26N4O2/c53-26-29-20-21-37(51(42(29)28-55)56-43-17-6-3-11-31(43)40-25-47-41(24-44(40)56)33-13-5-7-18-45(33)57-47)36-16-9-10-30(27-54)48(36)49-34-14-1-2-15-35(34)50-39(49)23-22-38-32-12-4-8-19-46(32)58-52(38)50/h1-25,49H. The fourth-order valence-corrected chi connectivity index (χ4v) is 9.66. The molecule has 3 aromatic heterocycles. The molecule has 1 unspecified atom stereocenters. The fourth-order valence-electron chi connectivity index (χ4n) is 9.66. The zero-order chi connectivity index (χ0) is 38.6. The summed E-state index contributed by atoms with van der Waals surface area (Å²) < 4.78 is 15.1. The molecule has 0 saturated carbocycles. The zero-order valence-electron chi connectivity index (χ0n) is 30.6. The second-order valence-electron chi connectivity index (χ2n) is 14.8. The first kappa shape index (κ1) is 31.9. The Morgan fingerprint density at radius 3 is 1.97 bits per heavy atom. The first-order valence-electron chi connectivity index (χ1n) is 19.1. The lowest BCUT2D eigenvalue weighted by Crippen LogP contribution is -2.08. The highest BCUT2D eigenvalue weighted by atomic mass is 16.3. The minimum absolute atomic E-state index is 0.254. The van der Waals surface area contributed by atoms with Gasteiger partial charge in [0.15, 0.2) is 0 Å². The molecule has 1 atom stereocenters. The summed E-state index contributed by atoms with van der Waals surface area (Å²) in [6, 6.07) is 57.9. The van der Waals surface area contributed by atoms with Crippen molar-refractivity contribution in [2.45, 2.75) is 5.92 Å². The molecule has 0 amide bonds. The summed E-state index contributed by atoms with van der Waals surface area (Å²) >= 11 is 0. The molecule has 58 heavy (non-hydrogen) atoms. The van der Waals surface area contributed by atoms with E-state index in [1.807, 2.05) is 91.0 Å². The second kappa shape index (κ2) is 11.8. The highest BCUT2D eigenvalue weighted by Crippen LogP contribution is 2.55. The Bertz CT molecular complexity index is 3750. The summed E-state index contributed by atoms with van der Waals surface area (Å²) in [5, 5.41) is 38.4. The summed E-state index contributed by atoms with van der Waals surface area (Å²) in [4.78, 5) is 0. The number of nitrogens with zero attached hydrogens (tertiary/aromatic N) is 4. The van der Waals surface area contributed by atoms with Gasteiger partial charge < -0.3 is 13.4 Å². The number of furan rings is 2. The average Bonchev–Trinajstić information content (AvgIpc) is 4.02. The minimum Gasteiger partial charge on any atom is -0.456 e. The molecule has 1 aliphatic rings. The topological polar surface area (TPSA) is 103 Å². The largest absolute Gasteiger partial charge is 0.456 e. The number of hydrogen-bond donors (Lipinski definition) is 0. The Balaban J connectivity index is 1.20. The lowest BCUT2D eigenvalue weighted by Gasteiger charge is -2.23. The molecule has 6 nitrogen and oxygen atoms in total. The molecule has 12 rings (SSSR count). The van der Waals surface area contributed by atoms with Crippen LogP contribution >= 0.6 is 0 Å². The van der Waals surface area contributed by atoms with E-state index in [-0.39, 0.29) is 17.0 Å². The maximum absolute atomic E-state index is 11.0. The third-order valence-corrected chi connectivity index (χ3v) is 12.0. The summed E-state index contributed by atoms with van der Waals surface area (Å²) in [5.74, 6) is -0.334. The van der Waals surface area contributed by atoms with E-state index >= 15 is 0 Å². The summed E-state index contributed by atoms with van der Waals surface area (Å²) in [7, 11) is 0. The van der Waals surface area contributed by atoms with Gasteiger partial charge in [0.2, 0.25) is 0 Å². The monoisotopic (exact) mass is 738 g/mol. The third kappa shape index (κ3) is 4.17. The van der Waals surface area contributed by atoms with Crippen LogP contribution in [0.25, 0.3) is 93.6 Å². The van der Waals surface area contributed by atoms with Gasteiger partial charge >= 0.3 is 0 Å². The van der Waals surface area contributed by atoms with Crippen LogP contribution in [-0.2, 0) is 0 Å². The van der Waals surface area contributed by atoms with Crippen LogP contribution in [0, 0.1) is 34.0 Å². The quantitative estimate of drug-likeness (QED) is 0.179. The van der Waals surface area contributed by atoms with Gasteiger partial charge in [0, 0.05) is 49.4 Å². The van der Waals surface area contributed by atoms with Crippen molar-refractivity contribution in [2.75, 3.05) is 0 Å². The van der Waals surface area contributed by atoms with Crippen LogP contribution in [0.15, 0.2) is 160 Å². The van der Waals surface area contributed by atoms with Crippen molar-refractivity contribution < 1.29 is 8.83 Å². The fraction of sp³-hybridized carbons (Fsp3) is 0.0192. The van der Waals surface area contributed by atoms with Crippen molar-refractivity contribution in [3.05, 3.63) is 185 Å². The van der Waals surface area contributed by atoms with Crippen molar-refractivity contribution in [2.24, 2.45) is 0 Å². The van der Waals surface area contributed by atoms with Crippen LogP contribution in [0.1, 0.15) is 39.3 Å². The van der Waals surface area contributed by atoms with Crippen LogP contribution in [0.2, 0.25) is 0 Å². The number of hydrogen-bond acceptors (Lipinski definition) is 5. The third-order valence-electron chi connectivity index (χ3n) is 12.0. The van der Waals surface area contributed by atoms with Crippen LogP contribution in [0.4, 0.5) is 0 Å². The summed E-state index contributed by atoms with van der Waals surface area (Å²) in [6.45, 7) is 0. The highest BCUT2D eigenvalue weighted by molar-refractivity contribution is 6.18. The van der Waals surface area contributed by atoms with E-state index < -0.39 is 0 Å². The number of rotatable bonds is 3.